The van der Waals surface area contributed by atoms with Crippen LogP contribution < -0.4 is 15.4 Å². The van der Waals surface area contributed by atoms with E-state index in [4.69, 9.17) is 4.74 Å². The first kappa shape index (κ1) is 34.1. The van der Waals surface area contributed by atoms with Crippen LogP contribution in [0.2, 0.25) is 0 Å². The molecule has 7 nitrogen and oxygen atoms in total. The molecular weight excluding hydrogens is 579 g/mol. The number of carbonyl (C=O) groups excluding carboxylic acids is 1. The molecule has 240 valence electrons. The Labute approximate surface area is 273 Å². The van der Waals surface area contributed by atoms with E-state index in [0.717, 1.165) is 50.4 Å². The monoisotopic (exact) mass is 627 g/mol. The van der Waals surface area contributed by atoms with E-state index in [1.165, 1.54) is 31.2 Å². The van der Waals surface area contributed by atoms with Crippen molar-refractivity contribution in [1.29, 1.82) is 0 Å². The summed E-state index contributed by atoms with van der Waals surface area (Å²) in [6, 6.07) is 23.0. The lowest BCUT2D eigenvalue weighted by Crippen LogP contribution is -2.24. The van der Waals surface area contributed by atoms with Crippen LogP contribution in [-0.2, 0) is 30.2 Å². The minimum atomic E-state index is 0.0416. The molecule has 1 heterocycles. The number of aromatic nitrogens is 3. The zero-order valence-corrected chi connectivity index (χ0v) is 28.6. The number of ether oxygens (including phenoxy) is 1. The molecule has 0 unspecified atom stereocenters. The Hall–Kier alpha value is -3.78. The summed E-state index contributed by atoms with van der Waals surface area (Å²) in [5.74, 6) is 1.77. The third-order valence-corrected chi connectivity index (χ3v) is 8.80. The average Bonchev–Trinajstić information content (AvgIpc) is 3.38. The van der Waals surface area contributed by atoms with Crippen molar-refractivity contribution in [2.24, 2.45) is 7.05 Å². The number of benzene rings is 3. The highest BCUT2D eigenvalue weighted by Gasteiger charge is 2.17. The van der Waals surface area contributed by atoms with Gasteiger partial charge in [0.25, 0.3) is 0 Å². The minimum absolute atomic E-state index is 0.0416. The summed E-state index contributed by atoms with van der Waals surface area (Å²) in [6.07, 6.45) is 6.35. The number of hydrogen-bond acceptors (Lipinski definition) is 6. The maximum absolute atomic E-state index is 11.9. The van der Waals surface area contributed by atoms with Gasteiger partial charge in [-0.3, -0.25) is 4.79 Å². The van der Waals surface area contributed by atoms with Crippen molar-refractivity contribution >= 4 is 23.4 Å². The molecule has 45 heavy (non-hydrogen) atoms. The second-order valence-electron chi connectivity index (χ2n) is 12.5. The summed E-state index contributed by atoms with van der Waals surface area (Å²) in [5, 5.41) is 16.2. The van der Waals surface area contributed by atoms with E-state index in [-0.39, 0.29) is 11.3 Å². The number of nitrogens with one attached hydrogen (secondary N) is 2. The molecule has 1 aromatic heterocycles. The Balaban J connectivity index is 1.46. The van der Waals surface area contributed by atoms with Crippen molar-refractivity contribution in [2.75, 3.05) is 18.5 Å². The average molecular weight is 628 g/mol. The summed E-state index contributed by atoms with van der Waals surface area (Å²) < 4.78 is 8.42. The van der Waals surface area contributed by atoms with Gasteiger partial charge >= 0.3 is 0 Å². The number of anilines is 1. The van der Waals surface area contributed by atoms with Crippen molar-refractivity contribution in [3.05, 3.63) is 83.4 Å². The third kappa shape index (κ3) is 10.1. The van der Waals surface area contributed by atoms with Gasteiger partial charge in [-0.15, -0.1) is 10.2 Å². The van der Waals surface area contributed by atoms with Crippen LogP contribution in [0.25, 0.3) is 11.4 Å². The number of likely N-dealkylation sites (N-methyl/N-ethyl adjacent to an activating group) is 1. The van der Waals surface area contributed by atoms with Gasteiger partial charge in [0, 0.05) is 41.8 Å². The molecule has 3 aromatic carbocycles. The van der Waals surface area contributed by atoms with Crippen LogP contribution >= 0.6 is 11.8 Å². The number of rotatable bonds is 16. The highest BCUT2D eigenvalue weighted by Crippen LogP contribution is 2.33. The van der Waals surface area contributed by atoms with E-state index in [2.05, 4.69) is 95.6 Å². The number of carbonyl (C=O) groups is 1. The fourth-order valence-electron chi connectivity index (χ4n) is 5.03. The van der Waals surface area contributed by atoms with Crippen molar-refractivity contribution in [2.45, 2.75) is 95.2 Å². The molecule has 0 spiro atoms. The largest absolute Gasteiger partial charge is 0.493 e. The first-order valence-electron chi connectivity index (χ1n) is 16.2. The van der Waals surface area contributed by atoms with Gasteiger partial charge in [-0.25, -0.2) is 0 Å². The first-order chi connectivity index (χ1) is 21.7. The van der Waals surface area contributed by atoms with Crippen LogP contribution in [-0.4, -0.2) is 33.8 Å². The summed E-state index contributed by atoms with van der Waals surface area (Å²) in [5.41, 5.74) is 5.54. The number of unbranched alkanes of at least 4 members (excludes halogenated alkanes) is 4. The number of amides is 1. The molecule has 4 aromatic rings. The molecule has 0 saturated heterocycles. The van der Waals surface area contributed by atoms with E-state index in [1.54, 1.807) is 11.8 Å². The Bertz CT molecular complexity index is 1510. The molecule has 0 radical (unpaired) electrons. The van der Waals surface area contributed by atoms with Crippen molar-refractivity contribution in [3.8, 4) is 17.1 Å². The zero-order valence-electron chi connectivity index (χ0n) is 27.8. The SMILES string of the molecule is CCCCCCCOc1cc(Sc2nnc(-c3ccc(C(C)(C)C)cc3)n2C)ccc1CNc1ccc(CC(=O)NCC)cc1. The molecule has 0 aliphatic carbocycles. The summed E-state index contributed by atoms with van der Waals surface area (Å²) in [4.78, 5) is 13.0. The van der Waals surface area contributed by atoms with Gasteiger partial charge in [-0.1, -0.05) is 95.8 Å². The molecule has 0 atom stereocenters. The Morgan fingerprint density at radius 1 is 0.911 bits per heavy atom. The third-order valence-electron chi connectivity index (χ3n) is 7.77. The summed E-state index contributed by atoms with van der Waals surface area (Å²) in [7, 11) is 2.02. The highest BCUT2D eigenvalue weighted by atomic mass is 32.2. The smallest absolute Gasteiger partial charge is 0.224 e. The molecule has 0 saturated carbocycles. The predicted octanol–water partition coefficient (Wildman–Crippen LogP) is 8.57. The van der Waals surface area contributed by atoms with Gasteiger partial charge in [0.1, 0.15) is 5.75 Å². The van der Waals surface area contributed by atoms with E-state index in [9.17, 15) is 4.79 Å². The standard InChI is InChI=1S/C37H49N5O2S/c1-7-9-10-11-12-23-44-33-25-32(22-17-29(33)26-39-31-20-13-27(14-21-31)24-34(43)38-8-2)45-36-41-40-35(42(36)6)28-15-18-30(19-16-28)37(3,4)5/h13-22,25,39H,7-12,23-24,26H2,1-6H3,(H,38,43). The fourth-order valence-corrected chi connectivity index (χ4v) is 5.85. The van der Waals surface area contributed by atoms with Gasteiger partial charge in [0.15, 0.2) is 11.0 Å². The first-order valence-corrected chi connectivity index (χ1v) is 17.0. The van der Waals surface area contributed by atoms with E-state index < -0.39 is 0 Å². The number of hydrogen-bond donors (Lipinski definition) is 2. The lowest BCUT2D eigenvalue weighted by Gasteiger charge is -2.19. The van der Waals surface area contributed by atoms with Crippen LogP contribution in [0.15, 0.2) is 76.8 Å². The molecule has 4 rings (SSSR count). The van der Waals surface area contributed by atoms with Crippen LogP contribution in [0.4, 0.5) is 5.69 Å². The lowest BCUT2D eigenvalue weighted by atomic mass is 9.87. The molecular formula is C37H49N5O2S. The summed E-state index contributed by atoms with van der Waals surface area (Å²) in [6.45, 7) is 12.8. The molecule has 0 fully saturated rings. The van der Waals surface area contributed by atoms with Crippen molar-refractivity contribution in [3.63, 3.8) is 0 Å². The van der Waals surface area contributed by atoms with Crippen molar-refractivity contribution in [1.82, 2.24) is 20.1 Å². The molecule has 2 N–H and O–H groups in total. The Kier molecular flexibility index (Phi) is 12.5. The van der Waals surface area contributed by atoms with Crippen LogP contribution in [0.5, 0.6) is 5.75 Å². The van der Waals surface area contributed by atoms with Gasteiger partial charge in [-0.05, 0) is 65.9 Å². The quantitative estimate of drug-likeness (QED) is 0.121. The van der Waals surface area contributed by atoms with E-state index >= 15 is 0 Å². The topological polar surface area (TPSA) is 81.1 Å². The van der Waals surface area contributed by atoms with Gasteiger partial charge in [0.05, 0.1) is 13.0 Å². The molecule has 0 aliphatic rings. The molecule has 8 heteroatoms. The summed E-state index contributed by atoms with van der Waals surface area (Å²) >= 11 is 1.59. The lowest BCUT2D eigenvalue weighted by molar-refractivity contribution is -0.120. The van der Waals surface area contributed by atoms with Gasteiger partial charge in [0.2, 0.25) is 5.91 Å². The Morgan fingerprint density at radius 3 is 2.33 bits per heavy atom. The van der Waals surface area contributed by atoms with E-state index in [0.29, 0.717) is 26.1 Å². The highest BCUT2D eigenvalue weighted by molar-refractivity contribution is 7.99. The van der Waals surface area contributed by atoms with Crippen LogP contribution in [0, 0.1) is 0 Å². The zero-order chi connectivity index (χ0) is 32.2. The van der Waals surface area contributed by atoms with Crippen molar-refractivity contribution < 1.29 is 9.53 Å². The maximum atomic E-state index is 11.9. The predicted molar refractivity (Wildman–Crippen MR) is 186 cm³/mol. The van der Waals surface area contributed by atoms with Gasteiger partial charge in [-0.2, -0.15) is 0 Å². The van der Waals surface area contributed by atoms with Crippen LogP contribution in [0.3, 0.4) is 0 Å². The fraction of sp³-hybridized carbons (Fsp3) is 0.432. The van der Waals surface area contributed by atoms with E-state index in [1.807, 2.05) is 38.2 Å². The normalized spacial score (nSPS) is 11.4. The molecule has 0 bridgehead atoms. The van der Waals surface area contributed by atoms with Gasteiger partial charge < -0.3 is 19.9 Å². The minimum Gasteiger partial charge on any atom is -0.493 e. The number of nitrogens with zero attached hydrogens (tertiary/aromatic N) is 3. The van der Waals surface area contributed by atoms with Crippen LogP contribution in [0.1, 0.15) is 83.4 Å². The molecule has 1 amide bonds. The Morgan fingerprint density at radius 2 is 1.64 bits per heavy atom. The second kappa shape index (κ2) is 16.5. The second-order valence-corrected chi connectivity index (χ2v) is 13.5. The maximum Gasteiger partial charge on any atom is 0.224 e. The molecule has 0 aliphatic heterocycles.